The molecule has 1 aliphatic heterocycles. The fourth-order valence-electron chi connectivity index (χ4n) is 1.71. The number of hydrogen-bond donors (Lipinski definition) is 0. The van der Waals surface area contributed by atoms with Gasteiger partial charge in [-0.25, -0.2) is 0 Å². The fourth-order valence-corrected chi connectivity index (χ4v) is 3.86. The predicted octanol–water partition coefficient (Wildman–Crippen LogP) is 1.21. The number of amides is 1. The van der Waals surface area contributed by atoms with Crippen LogP contribution in [0.4, 0.5) is 0 Å². The standard InChI is InChI=1S/C13H14N2O2Se/c1-10(16)14-13-15(7-8-18-13)9-12(17)11-5-3-2-4-6-11/h2-6H,7-9H2,1H3. The molecule has 18 heavy (non-hydrogen) atoms. The van der Waals surface area contributed by atoms with Crippen molar-refractivity contribution in [3.8, 4) is 0 Å². The Labute approximate surface area is 112 Å². The summed E-state index contributed by atoms with van der Waals surface area (Å²) in [5.41, 5.74) is 0.707. The molecule has 1 saturated heterocycles. The third-order valence-electron chi connectivity index (χ3n) is 2.55. The number of carbonyl (C=O) groups is 2. The van der Waals surface area contributed by atoms with Crippen molar-refractivity contribution >= 4 is 31.4 Å². The van der Waals surface area contributed by atoms with Gasteiger partial charge in [-0.3, -0.25) is 0 Å². The number of amidine groups is 1. The summed E-state index contributed by atoms with van der Waals surface area (Å²) in [6.07, 6.45) is 0. The number of nitrogens with zero attached hydrogens (tertiary/aromatic N) is 2. The number of rotatable bonds is 3. The van der Waals surface area contributed by atoms with Gasteiger partial charge in [0.25, 0.3) is 0 Å². The van der Waals surface area contributed by atoms with E-state index in [-0.39, 0.29) is 26.6 Å². The minimum atomic E-state index is -0.189. The molecule has 0 unspecified atom stereocenters. The van der Waals surface area contributed by atoms with Crippen LogP contribution < -0.4 is 0 Å². The molecule has 1 amide bonds. The Hall–Kier alpha value is -1.45. The van der Waals surface area contributed by atoms with Crippen LogP contribution in [0.3, 0.4) is 0 Å². The molecule has 1 aromatic rings. The molecule has 0 atom stereocenters. The van der Waals surface area contributed by atoms with Gasteiger partial charge < -0.3 is 0 Å². The zero-order chi connectivity index (χ0) is 13.0. The molecule has 0 saturated carbocycles. The van der Waals surface area contributed by atoms with E-state index in [2.05, 4.69) is 4.99 Å². The van der Waals surface area contributed by atoms with Crippen LogP contribution in [0, 0.1) is 0 Å². The van der Waals surface area contributed by atoms with Crippen LogP contribution >= 0.6 is 0 Å². The molecule has 1 aromatic carbocycles. The van der Waals surface area contributed by atoms with Gasteiger partial charge in [-0.2, -0.15) is 0 Å². The summed E-state index contributed by atoms with van der Waals surface area (Å²) in [7, 11) is 0. The monoisotopic (exact) mass is 310 g/mol. The van der Waals surface area contributed by atoms with E-state index in [0.717, 1.165) is 16.6 Å². The molecule has 1 heterocycles. The normalized spacial score (nSPS) is 17.2. The Balaban J connectivity index is 2.05. The molecule has 4 nitrogen and oxygen atoms in total. The van der Waals surface area contributed by atoms with Crippen LogP contribution in [0.15, 0.2) is 35.3 Å². The van der Waals surface area contributed by atoms with Crippen LogP contribution in [0.5, 0.6) is 0 Å². The Morgan fingerprint density at radius 1 is 1.33 bits per heavy atom. The van der Waals surface area contributed by atoms with Gasteiger partial charge in [0, 0.05) is 0 Å². The third-order valence-corrected chi connectivity index (χ3v) is 4.63. The van der Waals surface area contributed by atoms with Crippen molar-refractivity contribution < 1.29 is 9.59 Å². The second-order valence-electron chi connectivity index (χ2n) is 3.97. The van der Waals surface area contributed by atoms with Gasteiger partial charge in [0.1, 0.15) is 0 Å². The van der Waals surface area contributed by atoms with Crippen molar-refractivity contribution in [1.29, 1.82) is 0 Å². The van der Waals surface area contributed by atoms with Crippen LogP contribution in [0.25, 0.3) is 0 Å². The number of Topliss-reactive ketones (excluding diaryl/α,β-unsaturated/α-hetero) is 1. The maximum absolute atomic E-state index is 12.1. The fraction of sp³-hybridized carbons (Fsp3) is 0.308. The first-order valence-electron chi connectivity index (χ1n) is 5.72. The van der Waals surface area contributed by atoms with Crippen molar-refractivity contribution in [3.05, 3.63) is 35.9 Å². The third kappa shape index (κ3) is 3.28. The number of ketones is 1. The molecular weight excluding hydrogens is 295 g/mol. The number of aliphatic imine (C=N–C) groups is 1. The van der Waals surface area contributed by atoms with E-state index in [0.29, 0.717) is 12.1 Å². The van der Waals surface area contributed by atoms with Gasteiger partial charge >= 0.3 is 112 Å². The van der Waals surface area contributed by atoms with Crippen LogP contribution in [0.2, 0.25) is 5.32 Å². The van der Waals surface area contributed by atoms with Crippen molar-refractivity contribution in [3.63, 3.8) is 0 Å². The summed E-state index contributed by atoms with van der Waals surface area (Å²) < 4.78 is 0.805. The Kier molecular flexibility index (Phi) is 4.28. The van der Waals surface area contributed by atoms with Crippen molar-refractivity contribution in [2.45, 2.75) is 12.2 Å². The number of hydrogen-bond acceptors (Lipinski definition) is 2. The first-order valence-corrected chi connectivity index (χ1v) is 7.79. The second-order valence-corrected chi connectivity index (χ2v) is 6.20. The second kappa shape index (κ2) is 5.94. The van der Waals surface area contributed by atoms with Crippen LogP contribution in [0.1, 0.15) is 17.3 Å². The predicted molar refractivity (Wildman–Crippen MR) is 71.0 cm³/mol. The zero-order valence-corrected chi connectivity index (χ0v) is 11.8. The summed E-state index contributed by atoms with van der Waals surface area (Å²) in [5, 5.41) is 1.02. The van der Waals surface area contributed by atoms with Crippen molar-refractivity contribution in [2.24, 2.45) is 4.99 Å². The quantitative estimate of drug-likeness (QED) is 0.623. The molecule has 1 fully saturated rings. The molecule has 0 N–H and O–H groups in total. The summed E-state index contributed by atoms with van der Waals surface area (Å²) in [5.74, 6) is -0.115. The Bertz CT molecular complexity index is 485. The Morgan fingerprint density at radius 2 is 2.06 bits per heavy atom. The summed E-state index contributed by atoms with van der Waals surface area (Å²) >= 11 is 0.225. The molecule has 0 bridgehead atoms. The molecule has 1 aliphatic rings. The van der Waals surface area contributed by atoms with Crippen molar-refractivity contribution in [1.82, 2.24) is 4.90 Å². The SMILES string of the molecule is CC(=O)N=C1[Se]CCN1CC(=O)c1ccccc1. The molecule has 0 spiro atoms. The van der Waals surface area contributed by atoms with E-state index in [1.54, 1.807) is 0 Å². The topological polar surface area (TPSA) is 49.7 Å². The van der Waals surface area contributed by atoms with Crippen LogP contribution in [-0.2, 0) is 4.79 Å². The molecule has 0 aliphatic carbocycles. The number of benzene rings is 1. The maximum atomic E-state index is 12.1. The van der Waals surface area contributed by atoms with E-state index in [9.17, 15) is 9.59 Å². The van der Waals surface area contributed by atoms with E-state index in [4.69, 9.17) is 0 Å². The van der Waals surface area contributed by atoms with E-state index < -0.39 is 0 Å². The average Bonchev–Trinajstić information content (AvgIpc) is 2.77. The van der Waals surface area contributed by atoms with E-state index >= 15 is 0 Å². The van der Waals surface area contributed by atoms with E-state index in [1.165, 1.54) is 6.92 Å². The van der Waals surface area contributed by atoms with Crippen LogP contribution in [-0.4, -0.2) is 49.4 Å². The minimum absolute atomic E-state index is 0.0737. The van der Waals surface area contributed by atoms with Gasteiger partial charge in [0.05, 0.1) is 0 Å². The summed E-state index contributed by atoms with van der Waals surface area (Å²) in [6, 6.07) is 9.21. The Morgan fingerprint density at radius 3 is 2.72 bits per heavy atom. The molecule has 94 valence electrons. The molecule has 0 radical (unpaired) electrons. The molecule has 5 heteroatoms. The van der Waals surface area contributed by atoms with Gasteiger partial charge in [-0.1, -0.05) is 0 Å². The molecular formula is C13H14N2O2Se. The molecule has 2 rings (SSSR count). The average molecular weight is 309 g/mol. The zero-order valence-electron chi connectivity index (χ0n) is 10.1. The van der Waals surface area contributed by atoms with Gasteiger partial charge in [0.15, 0.2) is 0 Å². The molecule has 0 aromatic heterocycles. The summed E-state index contributed by atoms with van der Waals surface area (Å²) in [4.78, 5) is 29.0. The first-order chi connectivity index (χ1) is 8.66. The first kappa shape index (κ1) is 13.0. The van der Waals surface area contributed by atoms with E-state index in [1.807, 2.05) is 35.2 Å². The van der Waals surface area contributed by atoms with Crippen molar-refractivity contribution in [2.75, 3.05) is 13.1 Å². The van der Waals surface area contributed by atoms with Gasteiger partial charge in [0.2, 0.25) is 0 Å². The summed E-state index contributed by atoms with van der Waals surface area (Å²) in [6.45, 7) is 2.58. The van der Waals surface area contributed by atoms with Gasteiger partial charge in [-0.15, -0.1) is 0 Å². The van der Waals surface area contributed by atoms with Gasteiger partial charge in [-0.05, 0) is 0 Å². The number of carbonyl (C=O) groups excluding carboxylic acids is 2.